The van der Waals surface area contributed by atoms with Gasteiger partial charge in [0, 0.05) is 5.92 Å². The lowest BCUT2D eigenvalue weighted by atomic mass is 10.1. The first kappa shape index (κ1) is 12.8. The van der Waals surface area contributed by atoms with E-state index in [0.29, 0.717) is 6.54 Å². The second kappa shape index (κ2) is 6.38. The third kappa shape index (κ3) is 3.42. The van der Waals surface area contributed by atoms with Crippen molar-refractivity contribution in [1.82, 2.24) is 0 Å². The van der Waals surface area contributed by atoms with Crippen molar-refractivity contribution in [3.05, 3.63) is 30.3 Å². The average Bonchev–Trinajstić information content (AvgIpc) is 2.35. The van der Waals surface area contributed by atoms with Crippen LogP contribution in [0.4, 0.5) is 5.69 Å². The van der Waals surface area contributed by atoms with Gasteiger partial charge >= 0.3 is 0 Å². The number of hydrogen-bond donors (Lipinski definition) is 1. The summed E-state index contributed by atoms with van der Waals surface area (Å²) in [6, 6.07) is 9.73. The summed E-state index contributed by atoms with van der Waals surface area (Å²) < 4.78 is 1.74. The first-order chi connectivity index (χ1) is 7.69. The summed E-state index contributed by atoms with van der Waals surface area (Å²) >= 11 is 0. The molecule has 0 radical (unpaired) electrons. The SMILES string of the molecule is CCC(C)C(O)[N+](CC)=Nc1ccccc1. The second-order valence-electron chi connectivity index (χ2n) is 3.99. The summed E-state index contributed by atoms with van der Waals surface area (Å²) in [5, 5.41) is 14.5. The van der Waals surface area contributed by atoms with Crippen LogP contribution < -0.4 is 0 Å². The van der Waals surface area contributed by atoms with Gasteiger partial charge < -0.3 is 5.11 Å². The van der Waals surface area contributed by atoms with E-state index in [0.717, 1.165) is 12.1 Å². The molecule has 3 heteroatoms. The van der Waals surface area contributed by atoms with Crippen LogP contribution in [0.25, 0.3) is 0 Å². The maximum absolute atomic E-state index is 10.1. The molecule has 88 valence electrons. The lowest BCUT2D eigenvalue weighted by Gasteiger charge is -2.12. The number of aliphatic hydroxyl groups is 1. The number of aliphatic hydroxyl groups excluding tert-OH is 1. The highest BCUT2D eigenvalue weighted by atomic mass is 16.3. The minimum absolute atomic E-state index is 0.229. The van der Waals surface area contributed by atoms with Crippen molar-refractivity contribution >= 4 is 5.69 Å². The Labute approximate surface area is 97.4 Å². The van der Waals surface area contributed by atoms with Gasteiger partial charge in [0.1, 0.15) is 5.69 Å². The van der Waals surface area contributed by atoms with Crippen LogP contribution in [0.15, 0.2) is 35.4 Å². The van der Waals surface area contributed by atoms with Crippen LogP contribution in [0, 0.1) is 5.92 Å². The van der Waals surface area contributed by atoms with Crippen LogP contribution in [-0.4, -0.2) is 22.6 Å². The van der Waals surface area contributed by atoms with E-state index >= 15 is 0 Å². The topological polar surface area (TPSA) is 35.6 Å². The van der Waals surface area contributed by atoms with E-state index in [1.54, 1.807) is 4.70 Å². The van der Waals surface area contributed by atoms with Gasteiger partial charge in [0.05, 0.1) is 0 Å². The number of azo groups is 2. The van der Waals surface area contributed by atoms with E-state index in [1.807, 2.05) is 44.2 Å². The fourth-order valence-corrected chi connectivity index (χ4v) is 1.46. The van der Waals surface area contributed by atoms with Crippen LogP contribution in [0.2, 0.25) is 0 Å². The number of hydrogen-bond acceptors (Lipinski definition) is 2. The van der Waals surface area contributed by atoms with Crippen molar-refractivity contribution in [3.8, 4) is 0 Å². The zero-order chi connectivity index (χ0) is 12.0. The Morgan fingerprint density at radius 3 is 2.38 bits per heavy atom. The summed E-state index contributed by atoms with van der Waals surface area (Å²) in [5.41, 5.74) is 0.881. The third-order valence-electron chi connectivity index (χ3n) is 2.78. The molecule has 1 N–H and O–H groups in total. The lowest BCUT2D eigenvalue weighted by Crippen LogP contribution is -2.30. The van der Waals surface area contributed by atoms with Gasteiger partial charge in [0.2, 0.25) is 0 Å². The van der Waals surface area contributed by atoms with E-state index in [2.05, 4.69) is 12.0 Å². The van der Waals surface area contributed by atoms with Gasteiger partial charge in [0.15, 0.2) is 6.54 Å². The molecule has 0 saturated carbocycles. The summed E-state index contributed by atoms with van der Waals surface area (Å²) in [5.74, 6) is 0.229. The molecular formula is C13H21N2O+. The highest BCUT2D eigenvalue weighted by Gasteiger charge is 2.24. The Balaban J connectivity index is 2.85. The summed E-state index contributed by atoms with van der Waals surface area (Å²) in [6.45, 7) is 6.82. The molecule has 0 aliphatic heterocycles. The Bertz CT molecular complexity index is 335. The smallest absolute Gasteiger partial charge is 0.282 e. The van der Waals surface area contributed by atoms with Crippen LogP contribution >= 0.6 is 0 Å². The molecule has 2 atom stereocenters. The average molecular weight is 221 g/mol. The summed E-state index contributed by atoms with van der Waals surface area (Å²) in [4.78, 5) is 0. The van der Waals surface area contributed by atoms with E-state index in [1.165, 1.54) is 0 Å². The number of benzene rings is 1. The van der Waals surface area contributed by atoms with Crippen molar-refractivity contribution in [1.29, 1.82) is 0 Å². The Kier molecular flexibility index (Phi) is 5.12. The minimum Gasteiger partial charge on any atom is -0.335 e. The quantitative estimate of drug-likeness (QED) is 0.462. The second-order valence-corrected chi connectivity index (χ2v) is 3.99. The van der Waals surface area contributed by atoms with Crippen LogP contribution in [-0.2, 0) is 0 Å². The zero-order valence-electron chi connectivity index (χ0n) is 10.3. The normalized spacial score (nSPS) is 15.9. The maximum Gasteiger partial charge on any atom is 0.282 e. The molecule has 0 bridgehead atoms. The van der Waals surface area contributed by atoms with Crippen molar-refractivity contribution < 1.29 is 9.80 Å². The predicted octanol–water partition coefficient (Wildman–Crippen LogP) is 3.17. The molecule has 0 spiro atoms. The fraction of sp³-hybridized carbons (Fsp3) is 0.538. The number of nitrogens with zero attached hydrogens (tertiary/aromatic N) is 2. The van der Waals surface area contributed by atoms with Crippen molar-refractivity contribution in [2.24, 2.45) is 11.0 Å². The molecule has 0 heterocycles. The molecule has 16 heavy (non-hydrogen) atoms. The van der Waals surface area contributed by atoms with E-state index in [-0.39, 0.29) is 5.92 Å². The molecule has 1 rings (SSSR count). The molecule has 2 unspecified atom stereocenters. The molecule has 1 aromatic rings. The summed E-state index contributed by atoms with van der Waals surface area (Å²) in [6.07, 6.45) is 0.442. The van der Waals surface area contributed by atoms with E-state index < -0.39 is 6.23 Å². The zero-order valence-corrected chi connectivity index (χ0v) is 10.3. The molecule has 3 nitrogen and oxygen atoms in total. The molecule has 0 saturated heterocycles. The Hall–Kier alpha value is -1.22. The first-order valence-electron chi connectivity index (χ1n) is 5.90. The predicted molar refractivity (Wildman–Crippen MR) is 64.8 cm³/mol. The van der Waals surface area contributed by atoms with Gasteiger partial charge in [-0.2, -0.15) is 0 Å². The van der Waals surface area contributed by atoms with Gasteiger partial charge in [-0.25, -0.2) is 0 Å². The van der Waals surface area contributed by atoms with Gasteiger partial charge in [-0.05, 0) is 30.6 Å². The lowest BCUT2D eigenvalue weighted by molar-refractivity contribution is -0.667. The van der Waals surface area contributed by atoms with Crippen LogP contribution in [0.5, 0.6) is 0 Å². The molecule has 1 aromatic carbocycles. The monoisotopic (exact) mass is 221 g/mol. The minimum atomic E-state index is -0.504. The Morgan fingerprint density at radius 1 is 1.25 bits per heavy atom. The highest BCUT2D eigenvalue weighted by molar-refractivity contribution is 5.34. The number of rotatable bonds is 5. The van der Waals surface area contributed by atoms with E-state index in [9.17, 15) is 5.11 Å². The van der Waals surface area contributed by atoms with Gasteiger partial charge in [0.25, 0.3) is 6.23 Å². The van der Waals surface area contributed by atoms with Gasteiger partial charge in [-0.1, -0.05) is 36.7 Å². The molecule has 0 aromatic heterocycles. The fourth-order valence-electron chi connectivity index (χ4n) is 1.46. The highest BCUT2D eigenvalue weighted by Crippen LogP contribution is 2.14. The van der Waals surface area contributed by atoms with Crippen molar-refractivity contribution in [3.63, 3.8) is 0 Å². The van der Waals surface area contributed by atoms with Crippen molar-refractivity contribution in [2.75, 3.05) is 6.54 Å². The van der Waals surface area contributed by atoms with Crippen LogP contribution in [0.3, 0.4) is 0 Å². The first-order valence-corrected chi connectivity index (χ1v) is 5.90. The van der Waals surface area contributed by atoms with Crippen molar-refractivity contribution in [2.45, 2.75) is 33.4 Å². The van der Waals surface area contributed by atoms with E-state index in [4.69, 9.17) is 0 Å². The standard InChI is InChI=1S/C13H21N2O/c1-4-11(3)13(16)15(5-2)14-12-9-7-6-8-10-12/h6-11,13,16H,4-5H2,1-3H3/q+1. The van der Waals surface area contributed by atoms with Gasteiger partial charge in [-0.3, -0.25) is 0 Å². The third-order valence-corrected chi connectivity index (χ3v) is 2.78. The Morgan fingerprint density at radius 2 is 1.88 bits per heavy atom. The van der Waals surface area contributed by atoms with Gasteiger partial charge in [-0.15, -0.1) is 0 Å². The molecular weight excluding hydrogens is 200 g/mol. The maximum atomic E-state index is 10.1. The molecule has 0 amide bonds. The molecule has 0 aliphatic rings. The largest absolute Gasteiger partial charge is 0.335 e. The van der Waals surface area contributed by atoms with Crippen LogP contribution in [0.1, 0.15) is 27.2 Å². The summed E-state index contributed by atoms with van der Waals surface area (Å²) in [7, 11) is 0. The molecule has 0 aliphatic carbocycles. The molecule has 0 fully saturated rings.